The fourth-order valence-electron chi connectivity index (χ4n) is 2.37. The molecule has 0 saturated heterocycles. The van der Waals surface area contributed by atoms with Crippen LogP contribution in [0.15, 0.2) is 48.7 Å². The van der Waals surface area contributed by atoms with E-state index in [1.165, 1.54) is 21.9 Å². The summed E-state index contributed by atoms with van der Waals surface area (Å²) in [6.07, 6.45) is 1.85. The molecule has 0 unspecified atom stereocenters. The number of hydrogen-bond donors (Lipinski definition) is 0. The lowest BCUT2D eigenvalue weighted by molar-refractivity contribution is 1.35. The maximum atomic E-state index is 4.45. The van der Waals surface area contributed by atoms with Crippen LogP contribution in [0.3, 0.4) is 0 Å². The second kappa shape index (κ2) is 2.28. The molecule has 0 spiro atoms. The van der Waals surface area contributed by atoms with E-state index in [9.17, 15) is 0 Å². The van der Waals surface area contributed by atoms with Crippen molar-refractivity contribution in [3.8, 4) is 0 Å². The smallest absolute Gasteiger partial charge is 0.0963 e. The van der Waals surface area contributed by atoms with Crippen molar-refractivity contribution in [3.05, 3.63) is 48.7 Å². The Morgan fingerprint density at radius 1 is 0.867 bits per heavy atom. The molecule has 70 valence electrons. The van der Waals surface area contributed by atoms with Gasteiger partial charge in [0.25, 0.3) is 0 Å². The van der Waals surface area contributed by atoms with Crippen LogP contribution >= 0.6 is 0 Å². The summed E-state index contributed by atoms with van der Waals surface area (Å²) < 4.78 is 2.26. The maximum Gasteiger partial charge on any atom is 0.0963 e. The third-order valence-corrected chi connectivity index (χ3v) is 3.00. The summed E-state index contributed by atoms with van der Waals surface area (Å²) in [5, 5.41) is 1.23. The standard InChI is InChI=1S/C13H8N2/c1-3-9-6-7-12-13-10(4-2-8-14-13)11(5-1)15(9)12/h1-8H. The summed E-state index contributed by atoms with van der Waals surface area (Å²) in [5.41, 5.74) is 4.78. The van der Waals surface area contributed by atoms with Crippen LogP contribution in [-0.2, 0) is 0 Å². The molecule has 2 nitrogen and oxygen atoms in total. The average molecular weight is 192 g/mol. The highest BCUT2D eigenvalue weighted by Crippen LogP contribution is 2.29. The Kier molecular flexibility index (Phi) is 1.10. The number of hydrogen-bond acceptors (Lipinski definition) is 1. The lowest BCUT2D eigenvalue weighted by Crippen LogP contribution is -1.79. The summed E-state index contributed by atoms with van der Waals surface area (Å²) in [7, 11) is 0. The van der Waals surface area contributed by atoms with Crippen molar-refractivity contribution < 1.29 is 0 Å². The SMILES string of the molecule is c1cnc2c(c1)c1cccc3ccc2n31. The fraction of sp³-hybridized carbons (Fsp3) is 0. The largest absolute Gasteiger partial charge is 0.308 e. The molecule has 2 heteroatoms. The van der Waals surface area contributed by atoms with E-state index in [1.54, 1.807) is 0 Å². The van der Waals surface area contributed by atoms with E-state index in [1.807, 2.05) is 12.3 Å². The molecular weight excluding hydrogens is 184 g/mol. The predicted octanol–water partition coefficient (Wildman–Crippen LogP) is 3.08. The molecule has 4 heterocycles. The molecule has 0 radical (unpaired) electrons. The quantitative estimate of drug-likeness (QED) is 0.418. The number of fused-ring (bicyclic) bond motifs is 3. The first-order valence-electron chi connectivity index (χ1n) is 5.01. The van der Waals surface area contributed by atoms with Gasteiger partial charge >= 0.3 is 0 Å². The van der Waals surface area contributed by atoms with Crippen molar-refractivity contribution in [1.29, 1.82) is 0 Å². The van der Waals surface area contributed by atoms with Gasteiger partial charge in [-0.15, -0.1) is 0 Å². The van der Waals surface area contributed by atoms with E-state index in [2.05, 4.69) is 45.8 Å². The second-order valence-corrected chi connectivity index (χ2v) is 3.79. The number of nitrogens with zero attached hydrogens (tertiary/aromatic N) is 2. The van der Waals surface area contributed by atoms with Gasteiger partial charge in [0.05, 0.1) is 16.6 Å². The lowest BCUT2D eigenvalue weighted by atomic mass is 10.2. The van der Waals surface area contributed by atoms with Crippen molar-refractivity contribution in [2.75, 3.05) is 0 Å². The highest BCUT2D eigenvalue weighted by Gasteiger charge is 2.10. The molecule has 0 amide bonds. The maximum absolute atomic E-state index is 4.45. The lowest BCUT2D eigenvalue weighted by Gasteiger charge is -1.94. The molecule has 4 aromatic rings. The molecule has 4 rings (SSSR count). The minimum atomic E-state index is 1.10. The molecule has 0 fully saturated rings. The van der Waals surface area contributed by atoms with E-state index >= 15 is 0 Å². The Morgan fingerprint density at radius 2 is 1.87 bits per heavy atom. The normalized spacial score (nSPS) is 12.0. The Morgan fingerprint density at radius 3 is 2.87 bits per heavy atom. The first kappa shape index (κ1) is 7.23. The Hall–Kier alpha value is -2.09. The van der Waals surface area contributed by atoms with Crippen LogP contribution in [0.2, 0.25) is 0 Å². The first-order valence-corrected chi connectivity index (χ1v) is 5.01. The highest BCUT2D eigenvalue weighted by molar-refractivity contribution is 6.07. The molecule has 15 heavy (non-hydrogen) atoms. The monoisotopic (exact) mass is 192 g/mol. The van der Waals surface area contributed by atoms with Crippen LogP contribution in [-0.4, -0.2) is 9.38 Å². The molecule has 0 bridgehead atoms. The number of pyridine rings is 2. The van der Waals surface area contributed by atoms with E-state index in [4.69, 9.17) is 0 Å². The van der Waals surface area contributed by atoms with Crippen molar-refractivity contribution in [2.45, 2.75) is 0 Å². The minimum absolute atomic E-state index is 1.10. The van der Waals surface area contributed by atoms with Crippen LogP contribution in [0.4, 0.5) is 0 Å². The van der Waals surface area contributed by atoms with E-state index in [0.29, 0.717) is 0 Å². The van der Waals surface area contributed by atoms with Gasteiger partial charge in [-0.05, 0) is 36.4 Å². The molecule has 0 saturated carbocycles. The molecule has 0 atom stereocenters. The second-order valence-electron chi connectivity index (χ2n) is 3.79. The van der Waals surface area contributed by atoms with E-state index < -0.39 is 0 Å². The fourth-order valence-corrected chi connectivity index (χ4v) is 2.37. The summed E-state index contributed by atoms with van der Waals surface area (Å²) in [6.45, 7) is 0. The van der Waals surface area contributed by atoms with Gasteiger partial charge in [0.1, 0.15) is 0 Å². The Balaban J connectivity index is 2.53. The molecule has 4 aromatic heterocycles. The number of rotatable bonds is 0. The minimum Gasteiger partial charge on any atom is -0.308 e. The van der Waals surface area contributed by atoms with Crippen LogP contribution < -0.4 is 0 Å². The first-order chi connectivity index (χ1) is 7.45. The molecule has 0 aliphatic heterocycles. The van der Waals surface area contributed by atoms with Gasteiger partial charge in [-0.25, -0.2) is 0 Å². The zero-order valence-corrected chi connectivity index (χ0v) is 8.01. The van der Waals surface area contributed by atoms with Crippen molar-refractivity contribution in [2.24, 2.45) is 0 Å². The van der Waals surface area contributed by atoms with Crippen LogP contribution in [0.25, 0.3) is 27.5 Å². The van der Waals surface area contributed by atoms with Gasteiger partial charge in [0, 0.05) is 17.1 Å². The van der Waals surface area contributed by atoms with Crippen molar-refractivity contribution in [3.63, 3.8) is 0 Å². The summed E-state index contributed by atoms with van der Waals surface area (Å²) in [6, 6.07) is 14.8. The summed E-state index contributed by atoms with van der Waals surface area (Å²) in [5.74, 6) is 0. The zero-order valence-electron chi connectivity index (χ0n) is 8.01. The van der Waals surface area contributed by atoms with Crippen LogP contribution in [0.5, 0.6) is 0 Å². The van der Waals surface area contributed by atoms with Gasteiger partial charge in [0.15, 0.2) is 0 Å². The van der Waals surface area contributed by atoms with Gasteiger partial charge in [-0.2, -0.15) is 0 Å². The number of aromatic nitrogens is 2. The van der Waals surface area contributed by atoms with Crippen LogP contribution in [0, 0.1) is 0 Å². The Bertz CT molecular complexity index is 745. The molecule has 0 aliphatic carbocycles. The summed E-state index contributed by atoms with van der Waals surface area (Å²) in [4.78, 5) is 4.45. The van der Waals surface area contributed by atoms with Gasteiger partial charge in [-0.1, -0.05) is 6.07 Å². The van der Waals surface area contributed by atoms with Gasteiger partial charge in [-0.3, -0.25) is 4.98 Å². The van der Waals surface area contributed by atoms with E-state index in [-0.39, 0.29) is 0 Å². The zero-order chi connectivity index (χ0) is 9.83. The van der Waals surface area contributed by atoms with Gasteiger partial charge in [0.2, 0.25) is 0 Å². The third kappa shape index (κ3) is 0.734. The van der Waals surface area contributed by atoms with Crippen LogP contribution in [0.1, 0.15) is 0 Å². The molecule has 0 aromatic carbocycles. The van der Waals surface area contributed by atoms with Crippen molar-refractivity contribution in [1.82, 2.24) is 9.38 Å². The van der Waals surface area contributed by atoms with Gasteiger partial charge < -0.3 is 4.40 Å². The third-order valence-electron chi connectivity index (χ3n) is 3.00. The molecular formula is C13H8N2. The average Bonchev–Trinajstić information content (AvgIpc) is 2.85. The molecule has 0 aliphatic rings. The predicted molar refractivity (Wildman–Crippen MR) is 61.4 cm³/mol. The highest BCUT2D eigenvalue weighted by atomic mass is 14.9. The topological polar surface area (TPSA) is 17.3 Å². The van der Waals surface area contributed by atoms with E-state index in [0.717, 1.165) is 5.52 Å². The summed E-state index contributed by atoms with van der Waals surface area (Å²) >= 11 is 0. The Labute approximate surface area is 86.1 Å². The van der Waals surface area contributed by atoms with Crippen molar-refractivity contribution >= 4 is 27.5 Å². The molecule has 0 N–H and O–H groups in total.